The highest BCUT2D eigenvalue weighted by Gasteiger charge is 2.23. The Morgan fingerprint density at radius 1 is 0.962 bits per heavy atom. The molecule has 26 heavy (non-hydrogen) atoms. The van der Waals surface area contributed by atoms with Crippen LogP contribution in [0.4, 0.5) is 11.6 Å². The van der Waals surface area contributed by atoms with Crippen LogP contribution in [0.2, 0.25) is 0 Å². The van der Waals surface area contributed by atoms with E-state index in [-0.39, 0.29) is 0 Å². The Labute approximate surface area is 154 Å². The zero-order valence-corrected chi connectivity index (χ0v) is 15.3. The highest BCUT2D eigenvalue weighted by Crippen LogP contribution is 2.24. The third kappa shape index (κ3) is 3.78. The SMILES string of the molecule is CC(c1cccnc1)N1CCN(c2cc(N3CCOCC3)ncn2)CC1. The molecule has 0 aromatic carbocycles. The van der Waals surface area contributed by atoms with Crippen LogP contribution in [-0.4, -0.2) is 72.3 Å². The number of nitrogens with zero attached hydrogens (tertiary/aromatic N) is 6. The van der Waals surface area contributed by atoms with Crippen LogP contribution in [0.3, 0.4) is 0 Å². The van der Waals surface area contributed by atoms with Crippen molar-refractivity contribution in [1.29, 1.82) is 0 Å². The van der Waals surface area contributed by atoms with Crippen LogP contribution in [0.25, 0.3) is 0 Å². The molecule has 1 unspecified atom stereocenters. The van der Waals surface area contributed by atoms with Crippen LogP contribution in [0.5, 0.6) is 0 Å². The molecular weight excluding hydrogens is 328 g/mol. The molecule has 0 N–H and O–H groups in total. The largest absolute Gasteiger partial charge is 0.378 e. The lowest BCUT2D eigenvalue weighted by Gasteiger charge is -2.38. The van der Waals surface area contributed by atoms with Crippen molar-refractivity contribution in [2.24, 2.45) is 0 Å². The molecule has 7 heteroatoms. The molecule has 4 heterocycles. The zero-order valence-electron chi connectivity index (χ0n) is 15.3. The maximum Gasteiger partial charge on any atom is 0.134 e. The number of rotatable bonds is 4. The van der Waals surface area contributed by atoms with Gasteiger partial charge in [-0.15, -0.1) is 0 Å². The van der Waals surface area contributed by atoms with E-state index in [9.17, 15) is 0 Å². The fraction of sp³-hybridized carbons (Fsp3) is 0.526. The first kappa shape index (κ1) is 17.2. The smallest absolute Gasteiger partial charge is 0.134 e. The summed E-state index contributed by atoms with van der Waals surface area (Å²) in [7, 11) is 0. The molecule has 2 aliphatic heterocycles. The molecule has 1 atom stereocenters. The summed E-state index contributed by atoms with van der Waals surface area (Å²) in [6.45, 7) is 9.58. The lowest BCUT2D eigenvalue weighted by Crippen LogP contribution is -2.47. The van der Waals surface area contributed by atoms with Crippen molar-refractivity contribution in [2.75, 3.05) is 62.3 Å². The molecule has 0 radical (unpaired) electrons. The van der Waals surface area contributed by atoms with E-state index in [0.29, 0.717) is 6.04 Å². The number of hydrogen-bond acceptors (Lipinski definition) is 7. The summed E-state index contributed by atoms with van der Waals surface area (Å²) in [4.78, 5) is 20.4. The van der Waals surface area contributed by atoms with Gasteiger partial charge in [-0.05, 0) is 18.6 Å². The molecule has 2 aliphatic rings. The number of hydrogen-bond donors (Lipinski definition) is 0. The van der Waals surface area contributed by atoms with Crippen molar-refractivity contribution in [3.8, 4) is 0 Å². The van der Waals surface area contributed by atoms with Crippen LogP contribution in [0.15, 0.2) is 36.9 Å². The normalized spacial score (nSPS) is 20.2. The first-order valence-electron chi connectivity index (χ1n) is 9.35. The standard InChI is InChI=1S/C19H26N6O/c1-16(17-3-2-4-20-14-17)23-5-7-24(8-6-23)18-13-19(22-15-21-18)25-9-11-26-12-10-25/h2-4,13-16H,5-12H2,1H3. The average molecular weight is 354 g/mol. The zero-order chi connectivity index (χ0) is 17.8. The Kier molecular flexibility index (Phi) is 5.26. The van der Waals surface area contributed by atoms with E-state index >= 15 is 0 Å². The lowest BCUT2D eigenvalue weighted by molar-refractivity contribution is 0.122. The van der Waals surface area contributed by atoms with Crippen molar-refractivity contribution in [3.63, 3.8) is 0 Å². The minimum absolute atomic E-state index is 0.389. The van der Waals surface area contributed by atoms with Crippen molar-refractivity contribution < 1.29 is 4.74 Å². The minimum atomic E-state index is 0.389. The van der Waals surface area contributed by atoms with E-state index < -0.39 is 0 Å². The van der Waals surface area contributed by atoms with E-state index in [1.54, 1.807) is 6.33 Å². The summed E-state index contributed by atoms with van der Waals surface area (Å²) in [5.74, 6) is 2.03. The molecule has 0 aliphatic carbocycles. The van der Waals surface area contributed by atoms with Crippen molar-refractivity contribution in [2.45, 2.75) is 13.0 Å². The predicted molar refractivity (Wildman–Crippen MR) is 102 cm³/mol. The summed E-state index contributed by atoms with van der Waals surface area (Å²) < 4.78 is 5.43. The van der Waals surface area contributed by atoms with Gasteiger partial charge in [0.2, 0.25) is 0 Å². The van der Waals surface area contributed by atoms with Gasteiger partial charge >= 0.3 is 0 Å². The Morgan fingerprint density at radius 3 is 2.31 bits per heavy atom. The third-order valence-electron chi connectivity index (χ3n) is 5.33. The van der Waals surface area contributed by atoms with Gasteiger partial charge in [0.25, 0.3) is 0 Å². The molecule has 2 fully saturated rings. The topological polar surface area (TPSA) is 57.6 Å². The second-order valence-corrected chi connectivity index (χ2v) is 6.82. The van der Waals surface area contributed by atoms with Gasteiger partial charge in [0.05, 0.1) is 13.2 Å². The maximum absolute atomic E-state index is 5.43. The molecule has 0 spiro atoms. The molecule has 4 rings (SSSR count). The molecule has 2 aromatic rings. The highest BCUT2D eigenvalue weighted by atomic mass is 16.5. The van der Waals surface area contributed by atoms with E-state index in [0.717, 1.165) is 64.1 Å². The molecule has 7 nitrogen and oxygen atoms in total. The third-order valence-corrected chi connectivity index (χ3v) is 5.33. The second kappa shape index (κ2) is 7.97. The highest BCUT2D eigenvalue weighted by molar-refractivity contribution is 5.50. The fourth-order valence-electron chi connectivity index (χ4n) is 3.65. The maximum atomic E-state index is 5.43. The summed E-state index contributed by atoms with van der Waals surface area (Å²) in [5.41, 5.74) is 1.28. The summed E-state index contributed by atoms with van der Waals surface area (Å²) in [6, 6.07) is 6.67. The molecule has 2 saturated heterocycles. The van der Waals surface area contributed by atoms with Crippen LogP contribution < -0.4 is 9.80 Å². The second-order valence-electron chi connectivity index (χ2n) is 6.82. The van der Waals surface area contributed by atoms with Gasteiger partial charge in [-0.2, -0.15) is 0 Å². The van der Waals surface area contributed by atoms with E-state index in [1.807, 2.05) is 18.5 Å². The molecular formula is C19H26N6O. The Hall–Kier alpha value is -2.25. The molecule has 0 bridgehead atoms. The number of ether oxygens (including phenoxy) is 1. The summed E-state index contributed by atoms with van der Waals surface area (Å²) in [6.07, 6.45) is 5.48. The van der Waals surface area contributed by atoms with Crippen LogP contribution >= 0.6 is 0 Å². The molecule has 2 aromatic heterocycles. The first-order valence-corrected chi connectivity index (χ1v) is 9.35. The van der Waals surface area contributed by atoms with Gasteiger partial charge in [0, 0.05) is 63.8 Å². The first-order chi connectivity index (χ1) is 12.8. The number of aromatic nitrogens is 3. The number of morpholine rings is 1. The minimum Gasteiger partial charge on any atom is -0.378 e. The van der Waals surface area contributed by atoms with E-state index in [2.05, 4.69) is 48.7 Å². The average Bonchev–Trinajstić information content (AvgIpc) is 2.75. The number of piperazine rings is 1. The van der Waals surface area contributed by atoms with Gasteiger partial charge in [-0.3, -0.25) is 9.88 Å². The number of pyridine rings is 1. The van der Waals surface area contributed by atoms with Crippen LogP contribution in [-0.2, 0) is 4.74 Å². The summed E-state index contributed by atoms with van der Waals surface area (Å²) >= 11 is 0. The molecule has 0 saturated carbocycles. The van der Waals surface area contributed by atoms with Crippen LogP contribution in [0, 0.1) is 0 Å². The fourth-order valence-corrected chi connectivity index (χ4v) is 3.65. The van der Waals surface area contributed by atoms with Gasteiger partial charge in [0.15, 0.2) is 0 Å². The van der Waals surface area contributed by atoms with Crippen molar-refractivity contribution in [3.05, 3.63) is 42.5 Å². The van der Waals surface area contributed by atoms with E-state index in [1.165, 1.54) is 5.56 Å². The molecule has 138 valence electrons. The Morgan fingerprint density at radius 2 is 1.65 bits per heavy atom. The monoisotopic (exact) mass is 354 g/mol. The molecule has 0 amide bonds. The van der Waals surface area contributed by atoms with Gasteiger partial charge in [0.1, 0.15) is 18.0 Å². The van der Waals surface area contributed by atoms with Crippen molar-refractivity contribution in [1.82, 2.24) is 19.9 Å². The Balaban J connectivity index is 1.39. The quantitative estimate of drug-likeness (QED) is 0.826. The number of anilines is 2. The van der Waals surface area contributed by atoms with Crippen LogP contribution in [0.1, 0.15) is 18.5 Å². The van der Waals surface area contributed by atoms with Gasteiger partial charge in [-0.25, -0.2) is 9.97 Å². The van der Waals surface area contributed by atoms with Crippen molar-refractivity contribution >= 4 is 11.6 Å². The predicted octanol–water partition coefficient (Wildman–Crippen LogP) is 1.59. The lowest BCUT2D eigenvalue weighted by atomic mass is 10.1. The van der Waals surface area contributed by atoms with Gasteiger partial charge in [-0.1, -0.05) is 6.07 Å². The Bertz CT molecular complexity index is 698. The van der Waals surface area contributed by atoms with E-state index in [4.69, 9.17) is 4.74 Å². The van der Waals surface area contributed by atoms with Gasteiger partial charge < -0.3 is 14.5 Å². The summed E-state index contributed by atoms with van der Waals surface area (Å²) in [5, 5.41) is 0.